The SMILES string of the molecule is Nc1ccccc1C(=O)NCCCCN1CCN(c2ccccc2)CC1. The van der Waals surface area contributed by atoms with Gasteiger partial charge < -0.3 is 16.0 Å². The van der Waals surface area contributed by atoms with E-state index in [2.05, 4.69) is 45.4 Å². The molecule has 0 atom stereocenters. The van der Waals surface area contributed by atoms with Crippen molar-refractivity contribution in [2.24, 2.45) is 0 Å². The Bertz CT molecular complexity index is 696. The van der Waals surface area contributed by atoms with Crippen LogP contribution in [0.1, 0.15) is 23.2 Å². The number of hydrogen-bond acceptors (Lipinski definition) is 4. The van der Waals surface area contributed by atoms with Gasteiger partial charge in [0, 0.05) is 44.1 Å². The maximum absolute atomic E-state index is 12.1. The van der Waals surface area contributed by atoms with E-state index in [1.165, 1.54) is 5.69 Å². The van der Waals surface area contributed by atoms with E-state index in [1.807, 2.05) is 12.1 Å². The Hall–Kier alpha value is -2.53. The van der Waals surface area contributed by atoms with E-state index in [9.17, 15) is 4.79 Å². The molecule has 0 unspecified atom stereocenters. The summed E-state index contributed by atoms with van der Waals surface area (Å²) >= 11 is 0. The largest absolute Gasteiger partial charge is 0.398 e. The average molecular weight is 352 g/mol. The van der Waals surface area contributed by atoms with Gasteiger partial charge in [0.1, 0.15) is 0 Å². The quantitative estimate of drug-likeness (QED) is 0.594. The monoisotopic (exact) mass is 352 g/mol. The lowest BCUT2D eigenvalue weighted by atomic mass is 10.1. The van der Waals surface area contributed by atoms with Crippen molar-refractivity contribution in [3.8, 4) is 0 Å². The van der Waals surface area contributed by atoms with Gasteiger partial charge in [-0.1, -0.05) is 30.3 Å². The van der Waals surface area contributed by atoms with Gasteiger partial charge in [-0.25, -0.2) is 0 Å². The number of nitrogen functional groups attached to an aromatic ring is 1. The van der Waals surface area contributed by atoms with E-state index in [0.29, 0.717) is 17.8 Å². The summed E-state index contributed by atoms with van der Waals surface area (Å²) in [4.78, 5) is 17.0. The average Bonchev–Trinajstić information content (AvgIpc) is 2.69. The summed E-state index contributed by atoms with van der Waals surface area (Å²) in [5, 5.41) is 2.96. The van der Waals surface area contributed by atoms with E-state index in [4.69, 9.17) is 5.73 Å². The molecule has 1 aliphatic heterocycles. The van der Waals surface area contributed by atoms with Crippen LogP contribution >= 0.6 is 0 Å². The molecule has 1 aliphatic rings. The molecule has 0 bridgehead atoms. The Labute approximate surface area is 155 Å². The van der Waals surface area contributed by atoms with Crippen molar-refractivity contribution >= 4 is 17.3 Å². The topological polar surface area (TPSA) is 61.6 Å². The number of nitrogens with one attached hydrogen (secondary N) is 1. The lowest BCUT2D eigenvalue weighted by Crippen LogP contribution is -2.46. The van der Waals surface area contributed by atoms with Gasteiger partial charge in [0.2, 0.25) is 0 Å². The van der Waals surface area contributed by atoms with Crippen molar-refractivity contribution < 1.29 is 4.79 Å². The standard InChI is InChI=1S/C21H28N4O/c22-20-11-5-4-10-19(20)21(26)23-12-6-7-13-24-14-16-25(17-15-24)18-8-2-1-3-9-18/h1-5,8-11H,6-7,12-17,22H2,(H,23,26). The molecule has 1 heterocycles. The Morgan fingerprint density at radius 3 is 2.35 bits per heavy atom. The molecule has 1 saturated heterocycles. The third-order valence-corrected chi connectivity index (χ3v) is 4.89. The molecule has 0 spiro atoms. The number of benzene rings is 2. The van der Waals surface area contributed by atoms with Gasteiger partial charge in [0.25, 0.3) is 5.91 Å². The number of nitrogens with zero attached hydrogens (tertiary/aromatic N) is 2. The van der Waals surface area contributed by atoms with Gasteiger partial charge in [-0.2, -0.15) is 0 Å². The maximum atomic E-state index is 12.1. The number of unbranched alkanes of at least 4 members (excludes halogenated alkanes) is 1. The Morgan fingerprint density at radius 2 is 1.62 bits per heavy atom. The maximum Gasteiger partial charge on any atom is 0.253 e. The number of anilines is 2. The molecule has 0 radical (unpaired) electrons. The molecule has 3 rings (SSSR count). The van der Waals surface area contributed by atoms with Crippen LogP contribution in [-0.4, -0.2) is 50.1 Å². The van der Waals surface area contributed by atoms with Crippen LogP contribution in [0.4, 0.5) is 11.4 Å². The van der Waals surface area contributed by atoms with E-state index in [-0.39, 0.29) is 5.91 Å². The van der Waals surface area contributed by atoms with Crippen molar-refractivity contribution in [3.63, 3.8) is 0 Å². The van der Waals surface area contributed by atoms with E-state index < -0.39 is 0 Å². The Kier molecular flexibility index (Phi) is 6.50. The molecule has 2 aromatic rings. The highest BCUT2D eigenvalue weighted by atomic mass is 16.1. The zero-order chi connectivity index (χ0) is 18.2. The van der Waals surface area contributed by atoms with Crippen LogP contribution in [0.2, 0.25) is 0 Å². The van der Waals surface area contributed by atoms with Gasteiger partial charge in [-0.3, -0.25) is 9.69 Å². The van der Waals surface area contributed by atoms with Crippen molar-refractivity contribution in [2.45, 2.75) is 12.8 Å². The summed E-state index contributed by atoms with van der Waals surface area (Å²) < 4.78 is 0. The number of nitrogens with two attached hydrogens (primary N) is 1. The van der Waals surface area contributed by atoms with Gasteiger partial charge in [-0.15, -0.1) is 0 Å². The molecule has 1 fully saturated rings. The lowest BCUT2D eigenvalue weighted by Gasteiger charge is -2.36. The van der Waals surface area contributed by atoms with Crippen molar-refractivity contribution in [1.29, 1.82) is 0 Å². The minimum absolute atomic E-state index is 0.0837. The van der Waals surface area contributed by atoms with Gasteiger partial charge in [0.15, 0.2) is 0 Å². The Balaban J connectivity index is 1.30. The zero-order valence-corrected chi connectivity index (χ0v) is 15.2. The minimum Gasteiger partial charge on any atom is -0.398 e. The normalized spacial score (nSPS) is 15.0. The number of carbonyl (C=O) groups is 1. The predicted octanol–water partition coefficient (Wildman–Crippen LogP) is 2.60. The number of amides is 1. The number of rotatable bonds is 7. The van der Waals surface area contributed by atoms with Crippen LogP contribution in [0.25, 0.3) is 0 Å². The molecule has 5 nitrogen and oxygen atoms in total. The highest BCUT2D eigenvalue weighted by molar-refractivity contribution is 5.98. The van der Waals surface area contributed by atoms with Crippen LogP contribution in [-0.2, 0) is 0 Å². The summed E-state index contributed by atoms with van der Waals surface area (Å²) in [7, 11) is 0. The fourth-order valence-electron chi connectivity index (χ4n) is 3.33. The molecule has 1 amide bonds. The molecule has 2 aromatic carbocycles. The highest BCUT2D eigenvalue weighted by Crippen LogP contribution is 2.15. The molecule has 0 aliphatic carbocycles. The first-order valence-corrected chi connectivity index (χ1v) is 9.39. The van der Waals surface area contributed by atoms with E-state index >= 15 is 0 Å². The van der Waals surface area contributed by atoms with Crippen molar-refractivity contribution in [2.75, 3.05) is 49.9 Å². The second-order valence-electron chi connectivity index (χ2n) is 6.71. The number of carbonyl (C=O) groups excluding carboxylic acids is 1. The van der Waals surface area contributed by atoms with Gasteiger partial charge in [0.05, 0.1) is 5.56 Å². The van der Waals surface area contributed by atoms with Crippen molar-refractivity contribution in [1.82, 2.24) is 10.2 Å². The third kappa shape index (κ3) is 4.99. The first-order valence-electron chi connectivity index (χ1n) is 9.39. The van der Waals surface area contributed by atoms with Crippen LogP contribution in [0.3, 0.4) is 0 Å². The molecule has 5 heteroatoms. The summed E-state index contributed by atoms with van der Waals surface area (Å²) in [6.07, 6.45) is 2.08. The smallest absolute Gasteiger partial charge is 0.253 e. The second kappa shape index (κ2) is 9.25. The number of hydrogen-bond donors (Lipinski definition) is 2. The summed E-state index contributed by atoms with van der Waals surface area (Å²) in [5.74, 6) is -0.0837. The molecular weight excluding hydrogens is 324 g/mol. The predicted molar refractivity (Wildman–Crippen MR) is 108 cm³/mol. The summed E-state index contributed by atoms with van der Waals surface area (Å²) in [6, 6.07) is 17.8. The van der Waals surface area contributed by atoms with E-state index in [1.54, 1.807) is 12.1 Å². The molecule has 26 heavy (non-hydrogen) atoms. The van der Waals surface area contributed by atoms with Crippen LogP contribution in [0.5, 0.6) is 0 Å². The van der Waals surface area contributed by atoms with Crippen LogP contribution < -0.4 is 16.0 Å². The lowest BCUT2D eigenvalue weighted by molar-refractivity contribution is 0.0953. The molecule has 0 saturated carbocycles. The summed E-state index contributed by atoms with van der Waals surface area (Å²) in [5.41, 5.74) is 8.23. The minimum atomic E-state index is -0.0837. The molecular formula is C21H28N4O. The fourth-order valence-corrected chi connectivity index (χ4v) is 3.33. The zero-order valence-electron chi connectivity index (χ0n) is 15.2. The number of piperazine rings is 1. The van der Waals surface area contributed by atoms with Crippen LogP contribution in [0, 0.1) is 0 Å². The first-order chi connectivity index (χ1) is 12.7. The molecule has 0 aromatic heterocycles. The molecule has 138 valence electrons. The highest BCUT2D eigenvalue weighted by Gasteiger charge is 2.16. The van der Waals surface area contributed by atoms with Crippen LogP contribution in [0.15, 0.2) is 54.6 Å². The second-order valence-corrected chi connectivity index (χ2v) is 6.71. The fraction of sp³-hybridized carbons (Fsp3) is 0.381. The number of para-hydroxylation sites is 2. The first kappa shape index (κ1) is 18.3. The van der Waals surface area contributed by atoms with E-state index in [0.717, 1.165) is 45.6 Å². The van der Waals surface area contributed by atoms with Crippen molar-refractivity contribution in [3.05, 3.63) is 60.2 Å². The van der Waals surface area contributed by atoms with Gasteiger partial charge >= 0.3 is 0 Å². The van der Waals surface area contributed by atoms with Gasteiger partial charge in [-0.05, 0) is 43.7 Å². The third-order valence-electron chi connectivity index (χ3n) is 4.89. The Morgan fingerprint density at radius 1 is 0.923 bits per heavy atom. The summed E-state index contributed by atoms with van der Waals surface area (Å²) in [6.45, 7) is 6.13. The molecule has 3 N–H and O–H groups in total.